The Morgan fingerprint density at radius 2 is 1.85 bits per heavy atom. The molecule has 34 heavy (non-hydrogen) atoms. The van der Waals surface area contributed by atoms with Crippen LogP contribution in [-0.2, 0) is 6.42 Å². The number of carbonyl (C=O) groups is 1. The molecular weight excluding hydrogens is 439 g/mol. The number of nitro groups is 1. The predicted octanol–water partition coefficient (Wildman–Crippen LogP) is 5.23. The highest BCUT2D eigenvalue weighted by molar-refractivity contribution is 5.94. The second-order valence-corrected chi connectivity index (χ2v) is 7.66. The molecule has 1 heterocycles. The second-order valence-electron chi connectivity index (χ2n) is 7.66. The molecule has 8 nitrogen and oxygen atoms in total. The van der Waals surface area contributed by atoms with Crippen molar-refractivity contribution in [2.75, 3.05) is 6.54 Å². The minimum atomic E-state index is -0.495. The lowest BCUT2D eigenvalue weighted by Crippen LogP contribution is -2.35. The highest BCUT2D eigenvalue weighted by Gasteiger charge is 2.24. The summed E-state index contributed by atoms with van der Waals surface area (Å²) in [6, 6.07) is 20.7. The molecule has 0 unspecified atom stereocenters. The first-order valence-electron chi connectivity index (χ1n) is 10.6. The van der Waals surface area contributed by atoms with Crippen molar-refractivity contribution < 1.29 is 18.6 Å². The van der Waals surface area contributed by atoms with Crippen LogP contribution in [0.15, 0.2) is 83.4 Å². The number of nitrogens with zero attached hydrogens (tertiary/aromatic N) is 4. The Kier molecular flexibility index (Phi) is 6.72. The normalized spacial score (nSPS) is 11.7. The standard InChI is InChI=1S/C25H21FN4O4/c1-17(18-7-3-2-4-8-18)29(25(31)20-10-5-11-21(26)15-20)14-13-23-27-24(28-34-23)19-9-6-12-22(16-19)30(32)33/h2-12,15-17H,13-14H2,1H3/t17-/m0/s1. The summed E-state index contributed by atoms with van der Waals surface area (Å²) in [6.45, 7) is 2.14. The molecule has 1 amide bonds. The number of hydrogen-bond acceptors (Lipinski definition) is 6. The molecule has 4 aromatic rings. The molecule has 0 aliphatic rings. The molecular formula is C25H21FN4O4. The zero-order chi connectivity index (χ0) is 24.1. The largest absolute Gasteiger partial charge is 0.339 e. The van der Waals surface area contributed by atoms with E-state index in [0.29, 0.717) is 5.56 Å². The van der Waals surface area contributed by atoms with Crippen molar-refractivity contribution in [3.63, 3.8) is 0 Å². The molecule has 1 atom stereocenters. The van der Waals surface area contributed by atoms with Crippen LogP contribution in [0.4, 0.5) is 10.1 Å². The van der Waals surface area contributed by atoms with Crippen LogP contribution >= 0.6 is 0 Å². The van der Waals surface area contributed by atoms with E-state index in [1.54, 1.807) is 23.1 Å². The summed E-state index contributed by atoms with van der Waals surface area (Å²) >= 11 is 0. The fourth-order valence-electron chi connectivity index (χ4n) is 3.62. The van der Waals surface area contributed by atoms with Gasteiger partial charge in [0.05, 0.1) is 11.0 Å². The Balaban J connectivity index is 1.56. The third-order valence-corrected chi connectivity index (χ3v) is 5.43. The van der Waals surface area contributed by atoms with Gasteiger partial charge in [-0.05, 0) is 30.7 Å². The highest BCUT2D eigenvalue weighted by atomic mass is 19.1. The Labute approximate surface area is 194 Å². The van der Waals surface area contributed by atoms with Crippen LogP contribution in [0, 0.1) is 15.9 Å². The van der Waals surface area contributed by atoms with E-state index < -0.39 is 10.7 Å². The van der Waals surface area contributed by atoms with Crippen molar-refractivity contribution in [1.29, 1.82) is 0 Å². The summed E-state index contributed by atoms with van der Waals surface area (Å²) in [5.41, 5.74) is 1.54. The van der Waals surface area contributed by atoms with Crippen molar-refractivity contribution in [3.8, 4) is 11.4 Å². The molecule has 9 heteroatoms. The maximum atomic E-state index is 13.8. The first-order chi connectivity index (χ1) is 16.4. The van der Waals surface area contributed by atoms with Gasteiger partial charge in [-0.3, -0.25) is 14.9 Å². The molecule has 3 aromatic carbocycles. The average Bonchev–Trinajstić information content (AvgIpc) is 3.33. The van der Waals surface area contributed by atoms with Gasteiger partial charge in [0.1, 0.15) is 5.82 Å². The van der Waals surface area contributed by atoms with Crippen molar-refractivity contribution in [1.82, 2.24) is 15.0 Å². The van der Waals surface area contributed by atoms with E-state index in [1.807, 2.05) is 37.3 Å². The lowest BCUT2D eigenvalue weighted by molar-refractivity contribution is -0.384. The first-order valence-corrected chi connectivity index (χ1v) is 10.6. The third kappa shape index (κ3) is 5.15. The number of rotatable bonds is 8. The maximum Gasteiger partial charge on any atom is 0.270 e. The van der Waals surface area contributed by atoms with E-state index >= 15 is 0 Å². The SMILES string of the molecule is C[C@@H](c1ccccc1)N(CCc1nc(-c2cccc([N+](=O)[O-])c2)no1)C(=O)c1cccc(F)c1. The van der Waals surface area contributed by atoms with Crippen LogP contribution in [0.3, 0.4) is 0 Å². The maximum absolute atomic E-state index is 13.8. The second kappa shape index (κ2) is 10.0. The summed E-state index contributed by atoms with van der Waals surface area (Å²) in [5.74, 6) is -0.317. The highest BCUT2D eigenvalue weighted by Crippen LogP contribution is 2.24. The Bertz CT molecular complexity index is 1310. The van der Waals surface area contributed by atoms with Gasteiger partial charge in [0.2, 0.25) is 11.7 Å². The van der Waals surface area contributed by atoms with Gasteiger partial charge in [-0.15, -0.1) is 0 Å². The smallest absolute Gasteiger partial charge is 0.270 e. The quantitative estimate of drug-likeness (QED) is 0.264. The lowest BCUT2D eigenvalue weighted by Gasteiger charge is -2.29. The van der Waals surface area contributed by atoms with Crippen LogP contribution in [-0.4, -0.2) is 32.4 Å². The molecule has 0 saturated carbocycles. The van der Waals surface area contributed by atoms with Gasteiger partial charge in [-0.2, -0.15) is 4.98 Å². The number of hydrogen-bond donors (Lipinski definition) is 0. The molecule has 172 valence electrons. The number of amides is 1. The van der Waals surface area contributed by atoms with E-state index in [2.05, 4.69) is 10.1 Å². The number of aromatic nitrogens is 2. The zero-order valence-corrected chi connectivity index (χ0v) is 18.3. The van der Waals surface area contributed by atoms with Gasteiger partial charge < -0.3 is 9.42 Å². The number of non-ortho nitro benzene ring substituents is 1. The van der Waals surface area contributed by atoms with Crippen LogP contribution < -0.4 is 0 Å². The number of halogens is 1. The van der Waals surface area contributed by atoms with Crippen LogP contribution in [0.5, 0.6) is 0 Å². The molecule has 0 N–H and O–H groups in total. The average molecular weight is 460 g/mol. The van der Waals surface area contributed by atoms with Crippen LogP contribution in [0.1, 0.15) is 34.8 Å². The minimum Gasteiger partial charge on any atom is -0.339 e. The zero-order valence-electron chi connectivity index (χ0n) is 18.3. The number of nitro benzene ring substituents is 1. The van der Waals surface area contributed by atoms with E-state index in [0.717, 1.165) is 5.56 Å². The fraction of sp³-hybridized carbons (Fsp3) is 0.160. The Morgan fingerprint density at radius 1 is 1.09 bits per heavy atom. The van der Waals surface area contributed by atoms with E-state index in [9.17, 15) is 19.3 Å². The van der Waals surface area contributed by atoms with Crippen molar-refractivity contribution in [2.45, 2.75) is 19.4 Å². The van der Waals surface area contributed by atoms with Gasteiger partial charge in [-0.1, -0.05) is 53.7 Å². The van der Waals surface area contributed by atoms with Gasteiger partial charge in [0.25, 0.3) is 11.6 Å². The Morgan fingerprint density at radius 3 is 2.59 bits per heavy atom. The monoisotopic (exact) mass is 460 g/mol. The summed E-state index contributed by atoms with van der Waals surface area (Å²) < 4.78 is 19.1. The Hall–Kier alpha value is -4.40. The number of carbonyl (C=O) groups excluding carboxylic acids is 1. The lowest BCUT2D eigenvalue weighted by atomic mass is 10.0. The molecule has 0 aliphatic heterocycles. The molecule has 0 aliphatic carbocycles. The molecule has 0 spiro atoms. The fourth-order valence-corrected chi connectivity index (χ4v) is 3.62. The van der Waals surface area contributed by atoms with Gasteiger partial charge in [0.15, 0.2) is 0 Å². The molecule has 0 bridgehead atoms. The number of benzene rings is 3. The molecule has 1 aromatic heterocycles. The van der Waals surface area contributed by atoms with Gasteiger partial charge in [0, 0.05) is 36.2 Å². The van der Waals surface area contributed by atoms with Crippen molar-refractivity contribution in [2.24, 2.45) is 0 Å². The first kappa shape index (κ1) is 22.8. The molecule has 4 rings (SSSR count). The molecule has 0 saturated heterocycles. The molecule has 0 fully saturated rings. The summed E-state index contributed by atoms with van der Waals surface area (Å²) in [5, 5.41) is 15.0. The van der Waals surface area contributed by atoms with E-state index in [1.165, 1.54) is 30.3 Å². The third-order valence-electron chi connectivity index (χ3n) is 5.43. The van der Waals surface area contributed by atoms with Crippen LogP contribution in [0.25, 0.3) is 11.4 Å². The summed E-state index contributed by atoms with van der Waals surface area (Å²) in [7, 11) is 0. The van der Waals surface area contributed by atoms with Gasteiger partial charge in [-0.25, -0.2) is 4.39 Å². The van der Waals surface area contributed by atoms with E-state index in [4.69, 9.17) is 4.52 Å². The van der Waals surface area contributed by atoms with Crippen LogP contribution in [0.2, 0.25) is 0 Å². The van der Waals surface area contributed by atoms with Gasteiger partial charge >= 0.3 is 0 Å². The summed E-state index contributed by atoms with van der Waals surface area (Å²) in [4.78, 5) is 29.8. The summed E-state index contributed by atoms with van der Waals surface area (Å²) in [6.07, 6.45) is 0.250. The van der Waals surface area contributed by atoms with Crippen molar-refractivity contribution >= 4 is 11.6 Å². The predicted molar refractivity (Wildman–Crippen MR) is 122 cm³/mol. The van der Waals surface area contributed by atoms with E-state index in [-0.39, 0.29) is 47.9 Å². The van der Waals surface area contributed by atoms with Crippen molar-refractivity contribution in [3.05, 3.63) is 112 Å². The minimum absolute atomic E-state index is 0.0765. The molecule has 0 radical (unpaired) electrons. The topological polar surface area (TPSA) is 102 Å².